The molecule has 0 radical (unpaired) electrons. The number of para-hydroxylation sites is 2. The fourth-order valence-electron chi connectivity index (χ4n) is 4.35. The van der Waals surface area contributed by atoms with E-state index in [1.54, 1.807) is 6.20 Å². The number of nitrogens with zero attached hydrogens (tertiary/aromatic N) is 4. The maximum Gasteiger partial charge on any atom is 0.268 e. The zero-order valence-corrected chi connectivity index (χ0v) is 18.8. The molecule has 4 heterocycles. The molecule has 1 aliphatic rings. The number of hydrogen-bond acceptors (Lipinski definition) is 5. The third-order valence-electron chi connectivity index (χ3n) is 5.97. The Morgan fingerprint density at radius 3 is 2.85 bits per heavy atom. The number of aromatic nitrogens is 4. The van der Waals surface area contributed by atoms with Crippen molar-refractivity contribution in [2.24, 2.45) is 0 Å². The summed E-state index contributed by atoms with van der Waals surface area (Å²) in [5.41, 5.74) is 2.69. The Morgan fingerprint density at radius 2 is 2.03 bits per heavy atom. The lowest BCUT2D eigenvalue weighted by atomic mass is 10.1. The highest BCUT2D eigenvalue weighted by atomic mass is 32.1. The standard InChI is InChI=1S/C24H24N6O2S/c1-2-22(31)29-14-5-6-16(12-15-29)30-19-8-4-3-7-17(19)26-24(30)27-23(32)21-10-9-20(33-21)18-11-13-25-28-18/h2-4,7-11,13,16H,1,5-6,12,14-15H2,(H,25,28)(H,26,27,32)/t16-/m1/s1. The molecule has 8 nitrogen and oxygen atoms in total. The van der Waals surface area contributed by atoms with E-state index in [-0.39, 0.29) is 17.9 Å². The first-order valence-electron chi connectivity index (χ1n) is 10.9. The van der Waals surface area contributed by atoms with E-state index in [9.17, 15) is 9.59 Å². The van der Waals surface area contributed by atoms with Crippen LogP contribution in [0.4, 0.5) is 5.95 Å². The molecule has 0 spiro atoms. The minimum absolute atomic E-state index is 0.0366. The van der Waals surface area contributed by atoms with Gasteiger partial charge in [0.05, 0.1) is 26.5 Å². The number of amides is 2. The summed E-state index contributed by atoms with van der Waals surface area (Å²) >= 11 is 1.40. The van der Waals surface area contributed by atoms with Gasteiger partial charge in [0.25, 0.3) is 5.91 Å². The van der Waals surface area contributed by atoms with E-state index in [1.165, 1.54) is 17.4 Å². The van der Waals surface area contributed by atoms with Crippen molar-refractivity contribution in [3.8, 4) is 10.6 Å². The van der Waals surface area contributed by atoms with Gasteiger partial charge in [0.15, 0.2) is 0 Å². The van der Waals surface area contributed by atoms with E-state index in [4.69, 9.17) is 4.98 Å². The van der Waals surface area contributed by atoms with Gasteiger partial charge in [0.1, 0.15) is 0 Å². The van der Waals surface area contributed by atoms with Crippen molar-refractivity contribution >= 4 is 40.1 Å². The summed E-state index contributed by atoms with van der Waals surface area (Å²) in [5, 5.41) is 9.94. The quantitative estimate of drug-likeness (QED) is 0.429. The number of imidazole rings is 1. The molecule has 1 atom stereocenters. The van der Waals surface area contributed by atoms with Crippen molar-refractivity contribution in [1.29, 1.82) is 0 Å². The zero-order chi connectivity index (χ0) is 22.8. The number of thiophene rings is 1. The smallest absolute Gasteiger partial charge is 0.268 e. The van der Waals surface area contributed by atoms with Crippen molar-refractivity contribution in [3.63, 3.8) is 0 Å². The van der Waals surface area contributed by atoms with Gasteiger partial charge in [-0.3, -0.25) is 20.0 Å². The van der Waals surface area contributed by atoms with Gasteiger partial charge in [-0.2, -0.15) is 5.10 Å². The number of carbonyl (C=O) groups excluding carboxylic acids is 2. The first-order chi connectivity index (χ1) is 16.1. The van der Waals surface area contributed by atoms with E-state index < -0.39 is 0 Å². The van der Waals surface area contributed by atoms with Crippen LogP contribution in [0.2, 0.25) is 0 Å². The molecule has 0 unspecified atom stereocenters. The molecule has 2 amide bonds. The monoisotopic (exact) mass is 460 g/mol. The minimum atomic E-state index is -0.195. The molecule has 0 aliphatic carbocycles. The predicted octanol–water partition coefficient (Wildman–Crippen LogP) is 4.48. The van der Waals surface area contributed by atoms with E-state index in [1.807, 2.05) is 47.4 Å². The maximum absolute atomic E-state index is 13.1. The van der Waals surface area contributed by atoms with Crippen molar-refractivity contribution in [1.82, 2.24) is 24.6 Å². The molecule has 2 N–H and O–H groups in total. The van der Waals surface area contributed by atoms with Crippen LogP contribution in [0.25, 0.3) is 21.6 Å². The number of anilines is 1. The van der Waals surface area contributed by atoms with Crippen molar-refractivity contribution in [3.05, 3.63) is 66.2 Å². The number of benzene rings is 1. The molecular weight excluding hydrogens is 436 g/mol. The molecule has 9 heteroatoms. The summed E-state index contributed by atoms with van der Waals surface area (Å²) < 4.78 is 2.12. The average Bonchev–Trinajstić information content (AvgIpc) is 3.56. The van der Waals surface area contributed by atoms with Crippen LogP contribution in [0.5, 0.6) is 0 Å². The van der Waals surface area contributed by atoms with E-state index in [0.29, 0.717) is 23.9 Å². The highest BCUT2D eigenvalue weighted by molar-refractivity contribution is 7.17. The lowest BCUT2D eigenvalue weighted by Gasteiger charge is -2.21. The van der Waals surface area contributed by atoms with Crippen LogP contribution in [0.15, 0.2) is 61.3 Å². The summed E-state index contributed by atoms with van der Waals surface area (Å²) in [7, 11) is 0. The molecule has 33 heavy (non-hydrogen) atoms. The lowest BCUT2D eigenvalue weighted by Crippen LogP contribution is -2.30. The second kappa shape index (κ2) is 9.03. The Hall–Kier alpha value is -3.72. The van der Waals surface area contributed by atoms with E-state index >= 15 is 0 Å². The number of hydrogen-bond donors (Lipinski definition) is 2. The molecule has 1 fully saturated rings. The summed E-state index contributed by atoms with van der Waals surface area (Å²) in [6.45, 7) is 4.97. The SMILES string of the molecule is C=CC(=O)N1CCC[C@@H](n2c(NC(=O)c3ccc(-c4ccn[nH]4)s3)nc3ccccc32)CC1. The molecular formula is C24H24N6O2S. The second-order valence-corrected chi connectivity index (χ2v) is 9.08. The molecule has 0 saturated carbocycles. The van der Waals surface area contributed by atoms with Crippen LogP contribution in [-0.4, -0.2) is 49.6 Å². The van der Waals surface area contributed by atoms with Crippen LogP contribution >= 0.6 is 11.3 Å². The van der Waals surface area contributed by atoms with Crippen molar-refractivity contribution in [2.45, 2.75) is 25.3 Å². The van der Waals surface area contributed by atoms with Gasteiger partial charge < -0.3 is 9.47 Å². The van der Waals surface area contributed by atoms with Gasteiger partial charge in [-0.15, -0.1) is 11.3 Å². The van der Waals surface area contributed by atoms with Gasteiger partial charge in [0, 0.05) is 25.3 Å². The van der Waals surface area contributed by atoms with Gasteiger partial charge in [-0.25, -0.2) is 4.98 Å². The Bertz CT molecular complexity index is 1310. The lowest BCUT2D eigenvalue weighted by molar-refractivity contribution is -0.125. The third kappa shape index (κ3) is 4.19. The highest BCUT2D eigenvalue weighted by Crippen LogP contribution is 2.32. The molecule has 1 aliphatic heterocycles. The van der Waals surface area contributed by atoms with Crippen molar-refractivity contribution < 1.29 is 9.59 Å². The number of H-pyrrole nitrogens is 1. The first-order valence-corrected chi connectivity index (χ1v) is 11.7. The fraction of sp³-hybridized carbons (Fsp3) is 0.250. The Kier molecular flexibility index (Phi) is 5.78. The normalized spacial score (nSPS) is 16.5. The number of carbonyl (C=O) groups is 2. The zero-order valence-electron chi connectivity index (χ0n) is 18.0. The second-order valence-electron chi connectivity index (χ2n) is 8.00. The summed E-state index contributed by atoms with van der Waals surface area (Å²) in [5.74, 6) is 0.302. The molecule has 1 aromatic carbocycles. The molecule has 3 aromatic heterocycles. The predicted molar refractivity (Wildman–Crippen MR) is 129 cm³/mol. The van der Waals surface area contributed by atoms with Gasteiger partial charge in [-0.05, 0) is 55.7 Å². The maximum atomic E-state index is 13.1. The van der Waals surface area contributed by atoms with Gasteiger partial charge >= 0.3 is 0 Å². The van der Waals surface area contributed by atoms with E-state index in [0.717, 1.165) is 40.9 Å². The van der Waals surface area contributed by atoms with Crippen LogP contribution < -0.4 is 5.32 Å². The summed E-state index contributed by atoms with van der Waals surface area (Å²) in [6, 6.07) is 13.6. The van der Waals surface area contributed by atoms with Crippen LogP contribution in [0.1, 0.15) is 35.0 Å². The molecule has 4 aromatic rings. The number of likely N-dealkylation sites (tertiary alicyclic amines) is 1. The molecule has 5 rings (SSSR count). The minimum Gasteiger partial charge on any atom is -0.339 e. The van der Waals surface area contributed by atoms with Crippen LogP contribution in [-0.2, 0) is 4.79 Å². The fourth-order valence-corrected chi connectivity index (χ4v) is 5.23. The average molecular weight is 461 g/mol. The number of aromatic amines is 1. The topological polar surface area (TPSA) is 95.9 Å². The largest absolute Gasteiger partial charge is 0.339 e. The number of rotatable bonds is 5. The molecule has 168 valence electrons. The van der Waals surface area contributed by atoms with Crippen LogP contribution in [0.3, 0.4) is 0 Å². The number of nitrogens with one attached hydrogen (secondary N) is 2. The Morgan fingerprint density at radius 1 is 1.15 bits per heavy atom. The highest BCUT2D eigenvalue weighted by Gasteiger charge is 2.25. The Balaban J connectivity index is 1.43. The van der Waals surface area contributed by atoms with Crippen molar-refractivity contribution in [2.75, 3.05) is 18.4 Å². The van der Waals surface area contributed by atoms with Gasteiger partial charge in [0.2, 0.25) is 11.9 Å². The van der Waals surface area contributed by atoms with Gasteiger partial charge in [-0.1, -0.05) is 18.7 Å². The first kappa shape index (κ1) is 21.1. The summed E-state index contributed by atoms with van der Waals surface area (Å²) in [6.07, 6.45) is 5.62. The third-order valence-corrected chi connectivity index (χ3v) is 7.08. The van der Waals surface area contributed by atoms with E-state index in [2.05, 4.69) is 26.7 Å². The Labute approximate surface area is 194 Å². The molecule has 0 bridgehead atoms. The summed E-state index contributed by atoms with van der Waals surface area (Å²) in [4.78, 5) is 33.3. The van der Waals surface area contributed by atoms with Crippen LogP contribution in [0, 0.1) is 0 Å². The number of fused-ring (bicyclic) bond motifs is 1. The molecule has 1 saturated heterocycles.